The number of hydrogen-bond acceptors (Lipinski definition) is 4. The van der Waals surface area contributed by atoms with E-state index in [1.165, 1.54) is 5.01 Å². The van der Waals surface area contributed by atoms with E-state index in [4.69, 9.17) is 0 Å². The summed E-state index contributed by atoms with van der Waals surface area (Å²) in [5.41, 5.74) is 2.84. The number of allylic oxidation sites excluding steroid dienone is 1. The topological polar surface area (TPSA) is 69.6 Å². The van der Waals surface area contributed by atoms with Crippen molar-refractivity contribution < 1.29 is 14.7 Å². The molecular formula is C15H16N2O3. The lowest BCUT2D eigenvalue weighted by atomic mass is 10.1. The predicted octanol–water partition coefficient (Wildman–Crippen LogP) is -0.0287. The van der Waals surface area contributed by atoms with Crippen molar-refractivity contribution in [1.29, 1.82) is 0 Å². The number of benzene rings is 1. The maximum Gasteiger partial charge on any atom is 0.336 e. The van der Waals surface area contributed by atoms with E-state index in [1.807, 2.05) is 24.3 Å². The number of Topliss-reactive ketones (excluding diaryl/α,β-unsaturated/α-hetero) is 1. The molecule has 5 heteroatoms. The molecule has 1 aliphatic rings. The first-order valence-corrected chi connectivity index (χ1v) is 6.31. The van der Waals surface area contributed by atoms with Crippen molar-refractivity contribution in [3.8, 4) is 0 Å². The maximum atomic E-state index is 12.0. The Kier molecular flexibility index (Phi) is 4.20. The van der Waals surface area contributed by atoms with E-state index in [-0.39, 0.29) is 12.2 Å². The van der Waals surface area contributed by atoms with Gasteiger partial charge in [-0.2, -0.15) is 0 Å². The quantitative estimate of drug-likeness (QED) is 0.562. The van der Waals surface area contributed by atoms with Crippen molar-refractivity contribution in [1.82, 2.24) is 10.4 Å². The van der Waals surface area contributed by atoms with Crippen LogP contribution in [0.4, 0.5) is 0 Å². The number of carboxylic acid groups (broad SMARTS) is 1. The molecule has 0 fully saturated rings. The molecule has 1 heterocycles. The Morgan fingerprint density at radius 3 is 2.70 bits per heavy atom. The summed E-state index contributed by atoms with van der Waals surface area (Å²) in [6, 6.07) is 6.30. The van der Waals surface area contributed by atoms with Gasteiger partial charge in [0.25, 0.3) is 0 Å². The highest BCUT2D eigenvalue weighted by Crippen LogP contribution is 2.06. The third kappa shape index (κ3) is 2.88. The molecule has 5 nitrogen and oxygen atoms in total. The van der Waals surface area contributed by atoms with E-state index < -0.39 is 12.0 Å². The van der Waals surface area contributed by atoms with Crippen molar-refractivity contribution in [2.45, 2.75) is 18.9 Å². The second-order valence-corrected chi connectivity index (χ2v) is 4.47. The second-order valence-electron chi connectivity index (χ2n) is 4.47. The second kappa shape index (κ2) is 6.06. The van der Waals surface area contributed by atoms with Crippen LogP contribution in [0.25, 0.3) is 12.4 Å². The summed E-state index contributed by atoms with van der Waals surface area (Å²) in [6.45, 7) is 3.54. The third-order valence-electron chi connectivity index (χ3n) is 3.06. The summed E-state index contributed by atoms with van der Waals surface area (Å²) >= 11 is 0. The molecule has 104 valence electrons. The number of rotatable bonds is 6. The normalized spacial score (nSPS) is 14.1. The van der Waals surface area contributed by atoms with Gasteiger partial charge in [-0.1, -0.05) is 30.3 Å². The van der Waals surface area contributed by atoms with Gasteiger partial charge in [-0.3, -0.25) is 9.80 Å². The van der Waals surface area contributed by atoms with Crippen LogP contribution >= 0.6 is 0 Å². The van der Waals surface area contributed by atoms with Crippen LogP contribution in [0.15, 0.2) is 36.9 Å². The highest BCUT2D eigenvalue weighted by molar-refractivity contribution is 6.02. The molecule has 0 bridgehead atoms. The zero-order valence-electron chi connectivity index (χ0n) is 11.0. The number of fused-ring (bicyclic) bond motifs is 1. The standard InChI is InChI=1S/C15H16N2O3/c1-2-3-8-13(18)14(15(19)20)17-10-12-7-5-4-6-11(12)9-16-17/h2,4-7,9-10,14,16H,1,3,8H2,(H,19,20). The first kappa shape index (κ1) is 13.9. The number of hydrogen-bond donors (Lipinski definition) is 2. The number of hydrazine groups is 1. The van der Waals surface area contributed by atoms with Crippen molar-refractivity contribution in [2.24, 2.45) is 0 Å². The molecule has 1 atom stereocenters. The van der Waals surface area contributed by atoms with Crippen LogP contribution in [-0.4, -0.2) is 27.9 Å². The summed E-state index contributed by atoms with van der Waals surface area (Å²) in [4.78, 5) is 23.4. The summed E-state index contributed by atoms with van der Waals surface area (Å²) in [6.07, 6.45) is 5.56. The van der Waals surface area contributed by atoms with Crippen LogP contribution in [0.3, 0.4) is 0 Å². The zero-order chi connectivity index (χ0) is 14.5. The van der Waals surface area contributed by atoms with E-state index in [0.29, 0.717) is 6.42 Å². The van der Waals surface area contributed by atoms with Crippen molar-refractivity contribution in [2.75, 3.05) is 0 Å². The fraction of sp³-hybridized carbons (Fsp3) is 0.200. The molecule has 2 rings (SSSR count). The maximum absolute atomic E-state index is 12.0. The van der Waals surface area contributed by atoms with Crippen LogP contribution < -0.4 is 15.9 Å². The van der Waals surface area contributed by atoms with Crippen molar-refractivity contribution in [3.63, 3.8) is 0 Å². The van der Waals surface area contributed by atoms with E-state index in [2.05, 4.69) is 12.0 Å². The largest absolute Gasteiger partial charge is 0.479 e. The van der Waals surface area contributed by atoms with Gasteiger partial charge in [0.1, 0.15) is 0 Å². The van der Waals surface area contributed by atoms with E-state index in [1.54, 1.807) is 18.5 Å². The van der Waals surface area contributed by atoms with Gasteiger partial charge in [-0.15, -0.1) is 6.58 Å². The molecule has 0 amide bonds. The number of carboxylic acids is 1. The van der Waals surface area contributed by atoms with E-state index >= 15 is 0 Å². The van der Waals surface area contributed by atoms with Crippen LogP contribution in [0.2, 0.25) is 0 Å². The smallest absolute Gasteiger partial charge is 0.336 e. The fourth-order valence-electron chi connectivity index (χ4n) is 2.03. The highest BCUT2D eigenvalue weighted by Gasteiger charge is 2.30. The molecule has 1 aliphatic heterocycles. The van der Waals surface area contributed by atoms with Gasteiger partial charge in [0, 0.05) is 29.3 Å². The van der Waals surface area contributed by atoms with E-state index in [9.17, 15) is 14.7 Å². The van der Waals surface area contributed by atoms with Crippen molar-refractivity contribution >= 4 is 24.2 Å². The summed E-state index contributed by atoms with van der Waals surface area (Å²) in [5, 5.41) is 12.4. The van der Waals surface area contributed by atoms with Gasteiger partial charge in [-0.05, 0) is 6.42 Å². The minimum atomic E-state index is -1.24. The molecule has 20 heavy (non-hydrogen) atoms. The first-order valence-electron chi connectivity index (χ1n) is 6.31. The molecule has 0 spiro atoms. The van der Waals surface area contributed by atoms with Gasteiger partial charge < -0.3 is 10.5 Å². The molecular weight excluding hydrogens is 256 g/mol. The first-order chi connectivity index (χ1) is 9.63. The van der Waals surface area contributed by atoms with Crippen LogP contribution in [0.5, 0.6) is 0 Å². The molecule has 0 radical (unpaired) electrons. The monoisotopic (exact) mass is 272 g/mol. The number of carbonyl (C=O) groups is 2. The Labute approximate surface area is 116 Å². The van der Waals surface area contributed by atoms with Crippen LogP contribution in [0.1, 0.15) is 12.8 Å². The summed E-state index contributed by atoms with van der Waals surface area (Å²) < 4.78 is 0. The Morgan fingerprint density at radius 2 is 2.05 bits per heavy atom. The SMILES string of the molecule is C=CCCC(=O)C(C(=O)O)N1C=c2ccccc2=CN1. The molecule has 1 aromatic carbocycles. The van der Waals surface area contributed by atoms with Crippen LogP contribution in [0, 0.1) is 0 Å². The number of nitrogens with one attached hydrogen (secondary N) is 1. The number of aliphatic carboxylic acids is 1. The minimum Gasteiger partial charge on any atom is -0.479 e. The Balaban J connectivity index is 2.28. The lowest BCUT2D eigenvalue weighted by molar-refractivity contribution is -0.147. The summed E-state index contributed by atoms with van der Waals surface area (Å²) in [5.74, 6) is -1.52. The Bertz CT molecular complexity index is 651. The van der Waals surface area contributed by atoms with Gasteiger partial charge in [0.2, 0.25) is 6.04 Å². The van der Waals surface area contributed by atoms with Gasteiger partial charge >= 0.3 is 5.97 Å². The molecule has 1 aromatic rings. The van der Waals surface area contributed by atoms with Gasteiger partial charge in [0.05, 0.1) is 0 Å². The molecule has 2 N–H and O–H groups in total. The zero-order valence-corrected chi connectivity index (χ0v) is 11.0. The number of carbonyl (C=O) groups excluding carboxylic acids is 1. The predicted molar refractivity (Wildman–Crippen MR) is 75.5 cm³/mol. The van der Waals surface area contributed by atoms with Crippen molar-refractivity contribution in [3.05, 3.63) is 47.4 Å². The van der Waals surface area contributed by atoms with Crippen LogP contribution in [-0.2, 0) is 9.59 Å². The molecule has 0 saturated carbocycles. The molecule has 0 aromatic heterocycles. The Hall–Kier alpha value is -2.56. The average Bonchev–Trinajstić information content (AvgIpc) is 2.44. The third-order valence-corrected chi connectivity index (χ3v) is 3.06. The molecule has 0 saturated heterocycles. The fourth-order valence-corrected chi connectivity index (χ4v) is 2.03. The lowest BCUT2D eigenvalue weighted by Crippen LogP contribution is -2.53. The Morgan fingerprint density at radius 1 is 1.35 bits per heavy atom. The summed E-state index contributed by atoms with van der Waals surface area (Å²) in [7, 11) is 0. The number of nitrogens with zero attached hydrogens (tertiary/aromatic N) is 1. The van der Waals surface area contributed by atoms with E-state index in [0.717, 1.165) is 10.4 Å². The lowest BCUT2D eigenvalue weighted by Gasteiger charge is -2.28. The minimum absolute atomic E-state index is 0.161. The van der Waals surface area contributed by atoms with Gasteiger partial charge in [-0.25, -0.2) is 4.79 Å². The average molecular weight is 272 g/mol. The molecule has 0 aliphatic carbocycles. The molecule has 1 unspecified atom stereocenters. The number of ketones is 1. The van der Waals surface area contributed by atoms with Gasteiger partial charge in [0.15, 0.2) is 5.78 Å². The highest BCUT2D eigenvalue weighted by atomic mass is 16.4.